The van der Waals surface area contributed by atoms with Crippen molar-refractivity contribution in [1.29, 1.82) is 0 Å². The van der Waals surface area contributed by atoms with Gasteiger partial charge in [-0.25, -0.2) is 0 Å². The van der Waals surface area contributed by atoms with Crippen molar-refractivity contribution in [2.24, 2.45) is 5.41 Å². The molecular weight excluding hydrogens is 176 g/mol. The molecule has 0 atom stereocenters. The summed E-state index contributed by atoms with van der Waals surface area (Å²) in [4.78, 5) is 10.8. The second-order valence-electron chi connectivity index (χ2n) is 4.17. The molecule has 2 nitrogen and oxygen atoms in total. The van der Waals surface area contributed by atoms with Crippen molar-refractivity contribution in [2.75, 3.05) is 0 Å². The van der Waals surface area contributed by atoms with Gasteiger partial charge in [-0.15, -0.1) is 0 Å². The molecule has 0 aromatic heterocycles. The van der Waals surface area contributed by atoms with E-state index in [1.165, 1.54) is 5.56 Å². The fraction of sp³-hybridized carbons (Fsp3) is 0.417. The summed E-state index contributed by atoms with van der Waals surface area (Å²) in [7, 11) is 0. The Morgan fingerprint density at radius 3 is 2.36 bits per heavy atom. The van der Waals surface area contributed by atoms with Crippen LogP contribution in [0.3, 0.4) is 0 Å². The van der Waals surface area contributed by atoms with Gasteiger partial charge in [0.2, 0.25) is 0 Å². The average Bonchev–Trinajstić information content (AvgIpc) is 2.16. The predicted molar refractivity (Wildman–Crippen MR) is 56.2 cm³/mol. The molecule has 2 heteroatoms. The molecule has 1 N–H and O–H groups in total. The van der Waals surface area contributed by atoms with Crippen LogP contribution >= 0.6 is 0 Å². The zero-order chi connectivity index (χ0) is 10.6. The van der Waals surface area contributed by atoms with Crippen LogP contribution in [0, 0.1) is 5.41 Å². The van der Waals surface area contributed by atoms with Gasteiger partial charge in [0, 0.05) is 0 Å². The van der Waals surface area contributed by atoms with Crippen LogP contribution in [0.15, 0.2) is 30.3 Å². The molecule has 14 heavy (non-hydrogen) atoms. The second kappa shape index (κ2) is 4.27. The van der Waals surface area contributed by atoms with E-state index in [0.29, 0.717) is 6.42 Å². The lowest BCUT2D eigenvalue weighted by Gasteiger charge is -2.18. The normalized spacial score (nSPS) is 11.3. The third-order valence-corrected chi connectivity index (χ3v) is 2.46. The highest BCUT2D eigenvalue weighted by Crippen LogP contribution is 2.22. The highest BCUT2D eigenvalue weighted by Gasteiger charge is 2.26. The lowest BCUT2D eigenvalue weighted by atomic mass is 9.86. The fourth-order valence-electron chi connectivity index (χ4n) is 1.21. The van der Waals surface area contributed by atoms with Gasteiger partial charge in [0.1, 0.15) is 0 Å². The molecule has 0 amide bonds. The van der Waals surface area contributed by atoms with Crippen molar-refractivity contribution < 1.29 is 9.90 Å². The molecule has 0 aliphatic carbocycles. The SMILES string of the molecule is CC(C)(CCc1ccccc1)C(=O)O. The molecule has 0 bridgehead atoms. The molecule has 0 spiro atoms. The van der Waals surface area contributed by atoms with Gasteiger partial charge >= 0.3 is 5.97 Å². The maximum Gasteiger partial charge on any atom is 0.309 e. The molecule has 0 aliphatic rings. The molecule has 0 heterocycles. The molecule has 0 fully saturated rings. The molecule has 0 saturated carbocycles. The first-order valence-corrected chi connectivity index (χ1v) is 4.80. The molecular formula is C12H16O2. The number of aliphatic carboxylic acids is 1. The number of benzene rings is 1. The lowest BCUT2D eigenvalue weighted by Crippen LogP contribution is -2.24. The van der Waals surface area contributed by atoms with E-state index in [0.717, 1.165) is 6.42 Å². The van der Waals surface area contributed by atoms with Gasteiger partial charge in [-0.1, -0.05) is 30.3 Å². The summed E-state index contributed by atoms with van der Waals surface area (Å²) in [5, 5.41) is 8.92. The Kier molecular flexibility index (Phi) is 3.28. The van der Waals surface area contributed by atoms with E-state index >= 15 is 0 Å². The Hall–Kier alpha value is -1.31. The number of carbonyl (C=O) groups is 1. The van der Waals surface area contributed by atoms with E-state index in [-0.39, 0.29) is 0 Å². The second-order valence-corrected chi connectivity index (χ2v) is 4.17. The highest BCUT2D eigenvalue weighted by molar-refractivity contribution is 5.73. The zero-order valence-electron chi connectivity index (χ0n) is 8.66. The molecule has 1 rings (SSSR count). The zero-order valence-corrected chi connectivity index (χ0v) is 8.66. The molecule has 0 unspecified atom stereocenters. The molecule has 1 aromatic rings. The van der Waals surface area contributed by atoms with Crippen LogP contribution in [0.2, 0.25) is 0 Å². The topological polar surface area (TPSA) is 37.3 Å². The van der Waals surface area contributed by atoms with Crippen LogP contribution in [-0.4, -0.2) is 11.1 Å². The highest BCUT2D eigenvalue weighted by atomic mass is 16.4. The van der Waals surface area contributed by atoms with Crippen LogP contribution in [0.4, 0.5) is 0 Å². The van der Waals surface area contributed by atoms with Crippen LogP contribution in [0.25, 0.3) is 0 Å². The Morgan fingerprint density at radius 1 is 1.29 bits per heavy atom. The van der Waals surface area contributed by atoms with Crippen LogP contribution in [0.1, 0.15) is 25.8 Å². The predicted octanol–water partition coefficient (Wildman–Crippen LogP) is 2.73. The number of hydrogen-bond donors (Lipinski definition) is 1. The first kappa shape index (κ1) is 10.8. The van der Waals surface area contributed by atoms with Crippen molar-refractivity contribution in [3.63, 3.8) is 0 Å². The van der Waals surface area contributed by atoms with E-state index in [2.05, 4.69) is 0 Å². The van der Waals surface area contributed by atoms with Gasteiger partial charge < -0.3 is 5.11 Å². The number of carboxylic acid groups (broad SMARTS) is 1. The summed E-state index contributed by atoms with van der Waals surface area (Å²) in [5.74, 6) is -0.728. The summed E-state index contributed by atoms with van der Waals surface area (Å²) >= 11 is 0. The monoisotopic (exact) mass is 192 g/mol. The first-order chi connectivity index (χ1) is 6.52. The smallest absolute Gasteiger partial charge is 0.309 e. The minimum atomic E-state index is -0.728. The lowest BCUT2D eigenvalue weighted by molar-refractivity contribution is -0.147. The van der Waals surface area contributed by atoms with Crippen molar-refractivity contribution in [1.82, 2.24) is 0 Å². The van der Waals surface area contributed by atoms with Gasteiger partial charge in [0.15, 0.2) is 0 Å². The average molecular weight is 192 g/mol. The van der Waals surface area contributed by atoms with Gasteiger partial charge in [-0.2, -0.15) is 0 Å². The number of rotatable bonds is 4. The Balaban J connectivity index is 2.53. The quantitative estimate of drug-likeness (QED) is 0.796. The third kappa shape index (κ3) is 2.87. The van der Waals surface area contributed by atoms with E-state index in [4.69, 9.17) is 5.11 Å². The minimum absolute atomic E-state index is 0.629. The third-order valence-electron chi connectivity index (χ3n) is 2.46. The molecule has 0 aliphatic heterocycles. The van der Waals surface area contributed by atoms with Gasteiger partial charge in [0.05, 0.1) is 5.41 Å². The Bertz CT molecular complexity index is 301. The maximum atomic E-state index is 10.8. The summed E-state index contributed by atoms with van der Waals surface area (Å²) in [6.07, 6.45) is 1.49. The van der Waals surface area contributed by atoms with Crippen molar-refractivity contribution in [2.45, 2.75) is 26.7 Å². The standard InChI is InChI=1S/C12H16O2/c1-12(2,11(13)14)9-8-10-6-4-3-5-7-10/h3-7H,8-9H2,1-2H3,(H,13,14). The first-order valence-electron chi connectivity index (χ1n) is 4.80. The van der Waals surface area contributed by atoms with E-state index < -0.39 is 11.4 Å². The fourth-order valence-corrected chi connectivity index (χ4v) is 1.21. The summed E-state index contributed by atoms with van der Waals surface area (Å²) in [5.41, 5.74) is 0.567. The summed E-state index contributed by atoms with van der Waals surface area (Å²) in [6, 6.07) is 9.97. The maximum absolute atomic E-state index is 10.8. The number of carboxylic acids is 1. The van der Waals surface area contributed by atoms with Crippen LogP contribution < -0.4 is 0 Å². The van der Waals surface area contributed by atoms with Crippen LogP contribution in [-0.2, 0) is 11.2 Å². The Morgan fingerprint density at radius 2 is 1.86 bits per heavy atom. The van der Waals surface area contributed by atoms with Crippen molar-refractivity contribution in [3.8, 4) is 0 Å². The van der Waals surface area contributed by atoms with Gasteiger partial charge in [-0.05, 0) is 32.3 Å². The minimum Gasteiger partial charge on any atom is -0.481 e. The molecule has 1 aromatic carbocycles. The Labute approximate surface area is 84.6 Å². The largest absolute Gasteiger partial charge is 0.481 e. The van der Waals surface area contributed by atoms with Crippen LogP contribution in [0.5, 0.6) is 0 Å². The molecule has 0 saturated heterocycles. The van der Waals surface area contributed by atoms with Gasteiger partial charge in [-0.3, -0.25) is 4.79 Å². The molecule has 0 radical (unpaired) electrons. The van der Waals surface area contributed by atoms with E-state index in [1.54, 1.807) is 13.8 Å². The van der Waals surface area contributed by atoms with Gasteiger partial charge in [0.25, 0.3) is 0 Å². The molecule has 76 valence electrons. The summed E-state index contributed by atoms with van der Waals surface area (Å²) in [6.45, 7) is 3.52. The number of hydrogen-bond acceptors (Lipinski definition) is 1. The van der Waals surface area contributed by atoms with Crippen molar-refractivity contribution >= 4 is 5.97 Å². The number of aryl methyl sites for hydroxylation is 1. The van der Waals surface area contributed by atoms with Crippen molar-refractivity contribution in [3.05, 3.63) is 35.9 Å². The van der Waals surface area contributed by atoms with E-state index in [1.807, 2.05) is 30.3 Å². The van der Waals surface area contributed by atoms with E-state index in [9.17, 15) is 4.79 Å². The summed E-state index contributed by atoms with van der Waals surface area (Å²) < 4.78 is 0.